The van der Waals surface area contributed by atoms with Gasteiger partial charge in [0.1, 0.15) is 10.6 Å². The largest absolute Gasteiger partial charge is 0.394 e. The number of ether oxygens (including phenoxy) is 1. The lowest BCUT2D eigenvalue weighted by atomic mass is 10.2. The summed E-state index contributed by atoms with van der Waals surface area (Å²) in [4.78, 5) is 0.122. The summed E-state index contributed by atoms with van der Waals surface area (Å²) in [7, 11) is -3.77. The Morgan fingerprint density at radius 2 is 1.68 bits per heavy atom. The Balaban J connectivity index is 1.87. The standard InChI is InChI=1S/C20H23N3O4S/c24-12-14-27-13-11-21-28(25,26)19-16-23(15-17-7-3-1-4-8-17)22-20(19)18-9-5-2-6-10-18/h1-10,16,21,24H,11-15H2. The van der Waals surface area contributed by atoms with Crippen LogP contribution < -0.4 is 4.72 Å². The second kappa shape index (κ2) is 9.61. The Morgan fingerprint density at radius 1 is 1.00 bits per heavy atom. The third-order valence-corrected chi connectivity index (χ3v) is 5.49. The first-order valence-corrected chi connectivity index (χ1v) is 10.4. The Labute approximate surface area is 164 Å². The number of hydrogen-bond acceptors (Lipinski definition) is 5. The highest BCUT2D eigenvalue weighted by atomic mass is 32.2. The van der Waals surface area contributed by atoms with Gasteiger partial charge in [-0.05, 0) is 5.56 Å². The summed E-state index contributed by atoms with van der Waals surface area (Å²) in [6.45, 7) is 0.831. The van der Waals surface area contributed by atoms with Crippen LogP contribution in [0.5, 0.6) is 0 Å². The molecule has 0 spiro atoms. The molecule has 3 aromatic rings. The molecular formula is C20H23N3O4S. The molecular weight excluding hydrogens is 378 g/mol. The third kappa shape index (κ3) is 5.26. The smallest absolute Gasteiger partial charge is 0.244 e. The van der Waals surface area contributed by atoms with Crippen molar-refractivity contribution in [2.75, 3.05) is 26.4 Å². The summed E-state index contributed by atoms with van der Waals surface area (Å²) in [5.41, 5.74) is 2.16. The van der Waals surface area contributed by atoms with E-state index >= 15 is 0 Å². The molecule has 1 aromatic heterocycles. The van der Waals surface area contributed by atoms with Gasteiger partial charge in [-0.3, -0.25) is 4.68 Å². The zero-order valence-corrected chi connectivity index (χ0v) is 16.2. The maximum absolute atomic E-state index is 12.9. The first kappa shape index (κ1) is 20.2. The van der Waals surface area contributed by atoms with E-state index in [2.05, 4.69) is 9.82 Å². The third-order valence-electron chi connectivity index (χ3n) is 4.03. The Hall–Kier alpha value is -2.52. The number of aliphatic hydroxyl groups excluding tert-OH is 1. The maximum atomic E-state index is 12.9. The topological polar surface area (TPSA) is 93.5 Å². The molecule has 0 fully saturated rings. The number of hydrogen-bond donors (Lipinski definition) is 2. The van der Waals surface area contributed by atoms with Crippen LogP contribution in [0.1, 0.15) is 5.56 Å². The lowest BCUT2D eigenvalue weighted by Gasteiger charge is -2.07. The van der Waals surface area contributed by atoms with Crippen molar-refractivity contribution in [1.82, 2.24) is 14.5 Å². The fourth-order valence-electron chi connectivity index (χ4n) is 2.74. The number of sulfonamides is 1. The number of nitrogens with one attached hydrogen (secondary N) is 1. The van der Waals surface area contributed by atoms with Crippen LogP contribution in [-0.4, -0.2) is 49.7 Å². The van der Waals surface area contributed by atoms with Crippen LogP contribution in [0.25, 0.3) is 11.3 Å². The van der Waals surface area contributed by atoms with E-state index in [9.17, 15) is 8.42 Å². The van der Waals surface area contributed by atoms with E-state index in [1.807, 2.05) is 60.7 Å². The molecule has 1 heterocycles. The fourth-order valence-corrected chi connectivity index (χ4v) is 3.92. The Kier molecular flexibility index (Phi) is 6.94. The molecule has 8 heteroatoms. The summed E-state index contributed by atoms with van der Waals surface area (Å²) in [5, 5.41) is 13.2. The fraction of sp³-hybridized carbons (Fsp3) is 0.250. The van der Waals surface area contributed by atoms with Gasteiger partial charge in [-0.15, -0.1) is 0 Å². The zero-order valence-electron chi connectivity index (χ0n) is 15.4. The van der Waals surface area contributed by atoms with Gasteiger partial charge in [0.15, 0.2) is 0 Å². The summed E-state index contributed by atoms with van der Waals surface area (Å²) in [5.74, 6) is 0. The van der Waals surface area contributed by atoms with E-state index in [-0.39, 0.29) is 31.3 Å². The molecule has 0 aliphatic rings. The molecule has 3 rings (SSSR count). The molecule has 0 amide bonds. The highest BCUT2D eigenvalue weighted by molar-refractivity contribution is 7.89. The van der Waals surface area contributed by atoms with Crippen LogP contribution in [0, 0.1) is 0 Å². The second-order valence-electron chi connectivity index (χ2n) is 6.12. The van der Waals surface area contributed by atoms with Gasteiger partial charge >= 0.3 is 0 Å². The summed E-state index contributed by atoms with van der Waals surface area (Å²) >= 11 is 0. The SMILES string of the molecule is O=S(=O)(NCCOCCO)c1cn(Cc2ccccc2)nc1-c1ccccc1. The van der Waals surface area contributed by atoms with Crippen LogP contribution in [0.3, 0.4) is 0 Å². The molecule has 148 valence electrons. The van der Waals surface area contributed by atoms with Crippen LogP contribution >= 0.6 is 0 Å². The molecule has 0 atom stereocenters. The molecule has 0 radical (unpaired) electrons. The van der Waals surface area contributed by atoms with Crippen molar-refractivity contribution >= 4 is 10.0 Å². The van der Waals surface area contributed by atoms with Gasteiger partial charge in [0, 0.05) is 18.3 Å². The maximum Gasteiger partial charge on any atom is 0.244 e. The van der Waals surface area contributed by atoms with Gasteiger partial charge in [-0.25, -0.2) is 13.1 Å². The number of rotatable bonds is 10. The van der Waals surface area contributed by atoms with Gasteiger partial charge in [0.2, 0.25) is 10.0 Å². The highest BCUT2D eigenvalue weighted by Gasteiger charge is 2.23. The van der Waals surface area contributed by atoms with Crippen molar-refractivity contribution in [3.8, 4) is 11.3 Å². The van der Waals surface area contributed by atoms with E-state index < -0.39 is 10.0 Å². The lowest BCUT2D eigenvalue weighted by Crippen LogP contribution is -2.28. The van der Waals surface area contributed by atoms with Crippen LogP contribution in [0.15, 0.2) is 71.8 Å². The van der Waals surface area contributed by atoms with Crippen molar-refractivity contribution in [1.29, 1.82) is 0 Å². The van der Waals surface area contributed by atoms with E-state index in [0.717, 1.165) is 11.1 Å². The van der Waals surface area contributed by atoms with Crippen molar-refractivity contribution in [3.63, 3.8) is 0 Å². The molecule has 7 nitrogen and oxygen atoms in total. The minimum absolute atomic E-state index is 0.100. The molecule has 0 saturated heterocycles. The molecule has 2 N–H and O–H groups in total. The Bertz CT molecular complexity index is 973. The monoisotopic (exact) mass is 401 g/mol. The summed E-state index contributed by atoms with van der Waals surface area (Å²) < 4.78 is 35.0. The zero-order chi connectivity index (χ0) is 19.8. The van der Waals surface area contributed by atoms with Crippen molar-refractivity contribution in [3.05, 3.63) is 72.4 Å². The Morgan fingerprint density at radius 3 is 2.36 bits per heavy atom. The molecule has 0 aliphatic heterocycles. The van der Waals surface area contributed by atoms with Gasteiger partial charge in [0.05, 0.1) is 26.4 Å². The first-order valence-electron chi connectivity index (χ1n) is 8.95. The van der Waals surface area contributed by atoms with Gasteiger partial charge in [-0.2, -0.15) is 5.10 Å². The predicted octanol–water partition coefficient (Wildman–Crippen LogP) is 1.89. The van der Waals surface area contributed by atoms with E-state index in [1.165, 1.54) is 0 Å². The van der Waals surface area contributed by atoms with Gasteiger partial charge in [-0.1, -0.05) is 60.7 Å². The van der Waals surface area contributed by atoms with Crippen LogP contribution in [0.4, 0.5) is 0 Å². The van der Waals surface area contributed by atoms with E-state index in [1.54, 1.807) is 10.9 Å². The number of nitrogens with zero attached hydrogens (tertiary/aromatic N) is 2. The van der Waals surface area contributed by atoms with Crippen LogP contribution in [0.2, 0.25) is 0 Å². The first-order chi connectivity index (χ1) is 13.6. The van der Waals surface area contributed by atoms with E-state index in [0.29, 0.717) is 12.2 Å². The van der Waals surface area contributed by atoms with Crippen LogP contribution in [-0.2, 0) is 21.3 Å². The molecule has 28 heavy (non-hydrogen) atoms. The predicted molar refractivity (Wildman–Crippen MR) is 106 cm³/mol. The van der Waals surface area contributed by atoms with Crippen molar-refractivity contribution in [2.45, 2.75) is 11.4 Å². The van der Waals surface area contributed by atoms with Crippen molar-refractivity contribution in [2.24, 2.45) is 0 Å². The van der Waals surface area contributed by atoms with Gasteiger partial charge in [0.25, 0.3) is 0 Å². The van der Waals surface area contributed by atoms with Gasteiger partial charge < -0.3 is 9.84 Å². The molecule has 0 saturated carbocycles. The molecule has 0 unspecified atom stereocenters. The average molecular weight is 401 g/mol. The summed E-state index contributed by atoms with van der Waals surface area (Å²) in [6.07, 6.45) is 1.55. The number of benzene rings is 2. The lowest BCUT2D eigenvalue weighted by molar-refractivity contribution is 0.0961. The van der Waals surface area contributed by atoms with E-state index in [4.69, 9.17) is 9.84 Å². The second-order valence-corrected chi connectivity index (χ2v) is 7.86. The number of aliphatic hydroxyl groups is 1. The quantitative estimate of drug-likeness (QED) is 0.506. The minimum Gasteiger partial charge on any atom is -0.394 e. The van der Waals surface area contributed by atoms with Crippen molar-refractivity contribution < 1.29 is 18.3 Å². The highest BCUT2D eigenvalue weighted by Crippen LogP contribution is 2.26. The number of aromatic nitrogens is 2. The molecule has 0 aliphatic carbocycles. The average Bonchev–Trinajstić information content (AvgIpc) is 3.14. The molecule has 0 bridgehead atoms. The molecule has 2 aromatic carbocycles. The normalized spacial score (nSPS) is 11.6. The summed E-state index contributed by atoms with van der Waals surface area (Å²) in [6, 6.07) is 19.0. The minimum atomic E-state index is -3.77.